The third kappa shape index (κ3) is 1.80. The fourth-order valence-corrected chi connectivity index (χ4v) is 2.02. The Balaban J connectivity index is 1.84. The Morgan fingerprint density at radius 3 is 2.88 bits per heavy atom. The number of hydrogen-bond acceptors (Lipinski definition) is 3. The number of aromatic nitrogens is 1. The lowest BCUT2D eigenvalue weighted by Gasteiger charge is -2.08. The standard InChI is InChI=1S/C14H11NO2/c16-14(11-5-3-7-15-9-11)13-8-10-4-1-2-6-12(10)17-13/h1-7,9,13H,8H2. The van der Waals surface area contributed by atoms with E-state index in [-0.39, 0.29) is 5.78 Å². The van der Waals surface area contributed by atoms with Crippen molar-refractivity contribution in [3.05, 3.63) is 59.9 Å². The molecule has 84 valence electrons. The number of rotatable bonds is 2. The Bertz CT molecular complexity index is 526. The summed E-state index contributed by atoms with van der Waals surface area (Å²) in [6, 6.07) is 11.3. The lowest BCUT2D eigenvalue weighted by molar-refractivity contribution is 0.0824. The minimum absolute atomic E-state index is 0.00528. The van der Waals surface area contributed by atoms with E-state index in [0.29, 0.717) is 12.0 Å². The first kappa shape index (κ1) is 10.0. The second kappa shape index (κ2) is 4.01. The molecular formula is C14H11NO2. The van der Waals surface area contributed by atoms with Gasteiger partial charge in [-0.2, -0.15) is 0 Å². The van der Waals surface area contributed by atoms with E-state index in [0.717, 1.165) is 11.3 Å². The molecule has 2 aromatic rings. The molecule has 3 rings (SSSR count). The Kier molecular flexibility index (Phi) is 2.37. The summed E-state index contributed by atoms with van der Waals surface area (Å²) in [5.74, 6) is 0.809. The van der Waals surface area contributed by atoms with Crippen LogP contribution < -0.4 is 4.74 Å². The van der Waals surface area contributed by atoms with Gasteiger partial charge in [-0.15, -0.1) is 0 Å². The first-order chi connectivity index (χ1) is 8.34. The minimum Gasteiger partial charge on any atom is -0.482 e. The molecule has 1 aromatic heterocycles. The monoisotopic (exact) mass is 225 g/mol. The fraction of sp³-hybridized carbons (Fsp3) is 0.143. The maximum atomic E-state index is 12.2. The molecule has 0 radical (unpaired) electrons. The smallest absolute Gasteiger partial charge is 0.205 e. The van der Waals surface area contributed by atoms with Crippen LogP contribution in [0.25, 0.3) is 0 Å². The number of ketones is 1. The van der Waals surface area contributed by atoms with Crippen LogP contribution in [-0.4, -0.2) is 16.9 Å². The fourth-order valence-electron chi connectivity index (χ4n) is 2.02. The van der Waals surface area contributed by atoms with E-state index in [2.05, 4.69) is 4.98 Å². The van der Waals surface area contributed by atoms with Crippen LogP contribution in [0.1, 0.15) is 15.9 Å². The Morgan fingerprint density at radius 1 is 1.24 bits per heavy atom. The molecular weight excluding hydrogens is 214 g/mol. The number of Topliss-reactive ketones (excluding diaryl/α,β-unsaturated/α-hetero) is 1. The van der Waals surface area contributed by atoms with E-state index in [1.165, 1.54) is 0 Å². The molecule has 1 aromatic carbocycles. The van der Waals surface area contributed by atoms with Crippen molar-refractivity contribution in [1.29, 1.82) is 0 Å². The van der Waals surface area contributed by atoms with Gasteiger partial charge in [0.05, 0.1) is 0 Å². The predicted octanol–water partition coefficient (Wildman–Crippen LogP) is 2.27. The summed E-state index contributed by atoms with van der Waals surface area (Å²) in [6.45, 7) is 0. The maximum absolute atomic E-state index is 12.2. The number of pyridine rings is 1. The van der Waals surface area contributed by atoms with Gasteiger partial charge in [-0.3, -0.25) is 9.78 Å². The van der Waals surface area contributed by atoms with Crippen LogP contribution in [0.2, 0.25) is 0 Å². The normalized spacial score (nSPS) is 17.3. The van der Waals surface area contributed by atoms with Crippen LogP contribution in [0.5, 0.6) is 5.75 Å². The van der Waals surface area contributed by atoms with Gasteiger partial charge in [-0.05, 0) is 23.8 Å². The summed E-state index contributed by atoms with van der Waals surface area (Å²) in [7, 11) is 0. The van der Waals surface area contributed by atoms with Gasteiger partial charge in [0, 0.05) is 24.4 Å². The molecule has 0 bridgehead atoms. The van der Waals surface area contributed by atoms with Crippen LogP contribution in [0.3, 0.4) is 0 Å². The highest BCUT2D eigenvalue weighted by molar-refractivity contribution is 6.00. The molecule has 0 spiro atoms. The third-order valence-corrected chi connectivity index (χ3v) is 2.89. The molecule has 0 saturated heterocycles. The zero-order chi connectivity index (χ0) is 11.7. The van der Waals surface area contributed by atoms with Crippen molar-refractivity contribution in [1.82, 2.24) is 4.98 Å². The van der Waals surface area contributed by atoms with E-state index < -0.39 is 6.10 Å². The van der Waals surface area contributed by atoms with Crippen molar-refractivity contribution in [2.75, 3.05) is 0 Å². The molecule has 0 amide bonds. The maximum Gasteiger partial charge on any atom is 0.205 e. The van der Waals surface area contributed by atoms with E-state index in [1.807, 2.05) is 24.3 Å². The van der Waals surface area contributed by atoms with E-state index >= 15 is 0 Å². The second-order valence-corrected chi connectivity index (χ2v) is 4.02. The van der Waals surface area contributed by atoms with Gasteiger partial charge in [0.1, 0.15) is 5.75 Å². The van der Waals surface area contributed by atoms with Crippen LogP contribution >= 0.6 is 0 Å². The number of ether oxygens (including phenoxy) is 1. The summed E-state index contributed by atoms with van der Waals surface area (Å²) < 4.78 is 5.65. The van der Waals surface area contributed by atoms with Gasteiger partial charge in [0.15, 0.2) is 6.10 Å². The van der Waals surface area contributed by atoms with Crippen LogP contribution in [-0.2, 0) is 6.42 Å². The first-order valence-corrected chi connectivity index (χ1v) is 5.53. The van der Waals surface area contributed by atoms with Crippen molar-refractivity contribution in [3.63, 3.8) is 0 Å². The lowest BCUT2D eigenvalue weighted by Crippen LogP contribution is -2.25. The van der Waals surface area contributed by atoms with Crippen LogP contribution in [0.4, 0.5) is 0 Å². The van der Waals surface area contributed by atoms with Crippen LogP contribution in [0.15, 0.2) is 48.8 Å². The molecule has 1 aliphatic heterocycles. The van der Waals surface area contributed by atoms with Gasteiger partial charge in [0.2, 0.25) is 5.78 Å². The average Bonchev–Trinajstić information content (AvgIpc) is 2.82. The van der Waals surface area contributed by atoms with Crippen molar-refractivity contribution in [3.8, 4) is 5.75 Å². The molecule has 1 atom stereocenters. The summed E-state index contributed by atoms with van der Waals surface area (Å²) >= 11 is 0. The van der Waals surface area contributed by atoms with E-state index in [4.69, 9.17) is 4.74 Å². The van der Waals surface area contributed by atoms with Gasteiger partial charge in [0.25, 0.3) is 0 Å². The van der Waals surface area contributed by atoms with Crippen molar-refractivity contribution < 1.29 is 9.53 Å². The summed E-state index contributed by atoms with van der Waals surface area (Å²) in [5, 5.41) is 0. The van der Waals surface area contributed by atoms with Gasteiger partial charge in [-0.25, -0.2) is 0 Å². The highest BCUT2D eigenvalue weighted by Crippen LogP contribution is 2.29. The van der Waals surface area contributed by atoms with E-state index in [9.17, 15) is 4.79 Å². The zero-order valence-electron chi connectivity index (χ0n) is 9.17. The first-order valence-electron chi connectivity index (χ1n) is 5.53. The Labute approximate surface area is 99.1 Å². The molecule has 0 aliphatic carbocycles. The number of nitrogens with zero attached hydrogens (tertiary/aromatic N) is 1. The number of fused-ring (bicyclic) bond motifs is 1. The Morgan fingerprint density at radius 2 is 2.12 bits per heavy atom. The van der Waals surface area contributed by atoms with Gasteiger partial charge < -0.3 is 4.74 Å². The zero-order valence-corrected chi connectivity index (χ0v) is 9.17. The molecule has 0 fully saturated rings. The van der Waals surface area contributed by atoms with Crippen LogP contribution in [0, 0.1) is 0 Å². The lowest BCUT2D eigenvalue weighted by atomic mass is 10.0. The minimum atomic E-state index is -0.406. The Hall–Kier alpha value is -2.16. The largest absolute Gasteiger partial charge is 0.482 e. The molecule has 3 nitrogen and oxygen atoms in total. The van der Waals surface area contributed by atoms with Crippen molar-refractivity contribution >= 4 is 5.78 Å². The molecule has 1 aliphatic rings. The van der Waals surface area contributed by atoms with Crippen molar-refractivity contribution in [2.24, 2.45) is 0 Å². The quantitative estimate of drug-likeness (QED) is 0.736. The summed E-state index contributed by atoms with van der Waals surface area (Å²) in [4.78, 5) is 16.1. The molecule has 3 heteroatoms. The van der Waals surface area contributed by atoms with Gasteiger partial charge >= 0.3 is 0 Å². The van der Waals surface area contributed by atoms with E-state index in [1.54, 1.807) is 24.5 Å². The average molecular weight is 225 g/mol. The number of carbonyl (C=O) groups is 1. The predicted molar refractivity (Wildman–Crippen MR) is 63.1 cm³/mol. The molecule has 2 heterocycles. The molecule has 0 saturated carbocycles. The molecule has 0 N–H and O–H groups in total. The van der Waals surface area contributed by atoms with Gasteiger partial charge in [-0.1, -0.05) is 18.2 Å². The number of benzene rings is 1. The van der Waals surface area contributed by atoms with Crippen molar-refractivity contribution in [2.45, 2.75) is 12.5 Å². The summed E-state index contributed by atoms with van der Waals surface area (Å²) in [6.07, 6.45) is 3.47. The third-order valence-electron chi connectivity index (χ3n) is 2.89. The number of carbonyl (C=O) groups excluding carboxylic acids is 1. The summed E-state index contributed by atoms with van der Waals surface area (Å²) in [5.41, 5.74) is 1.69. The SMILES string of the molecule is O=C(c1cccnc1)C1Cc2ccccc2O1. The molecule has 1 unspecified atom stereocenters. The number of hydrogen-bond donors (Lipinski definition) is 0. The topological polar surface area (TPSA) is 39.2 Å². The highest BCUT2D eigenvalue weighted by atomic mass is 16.5. The highest BCUT2D eigenvalue weighted by Gasteiger charge is 2.29. The second-order valence-electron chi connectivity index (χ2n) is 4.02. The molecule has 17 heavy (non-hydrogen) atoms. The number of para-hydroxylation sites is 1.